The van der Waals surface area contributed by atoms with Gasteiger partial charge < -0.3 is 15.6 Å². The maximum absolute atomic E-state index is 12.9. The van der Waals surface area contributed by atoms with Crippen LogP contribution in [0.4, 0.5) is 5.69 Å². The van der Waals surface area contributed by atoms with Crippen molar-refractivity contribution < 1.29 is 9.59 Å². The van der Waals surface area contributed by atoms with Crippen LogP contribution < -0.4 is 16.2 Å². The van der Waals surface area contributed by atoms with E-state index in [9.17, 15) is 14.4 Å². The molecule has 1 saturated carbocycles. The molecule has 2 aromatic carbocycles. The summed E-state index contributed by atoms with van der Waals surface area (Å²) in [6.07, 6.45) is 6.77. The Bertz CT molecular complexity index is 1130. The van der Waals surface area contributed by atoms with Gasteiger partial charge >= 0.3 is 0 Å². The van der Waals surface area contributed by atoms with Crippen LogP contribution in [0.25, 0.3) is 10.9 Å². The van der Waals surface area contributed by atoms with Crippen LogP contribution in [0.15, 0.2) is 59.4 Å². The lowest BCUT2D eigenvalue weighted by Gasteiger charge is -2.16. The highest BCUT2D eigenvalue weighted by Crippen LogP contribution is 2.20. The summed E-state index contributed by atoms with van der Waals surface area (Å²) >= 11 is 0. The van der Waals surface area contributed by atoms with Gasteiger partial charge in [0.15, 0.2) is 0 Å². The smallest absolute Gasteiger partial charge is 0.256 e. The fraction of sp³-hybridized carbons (Fsp3) is 0.292. The fourth-order valence-electron chi connectivity index (χ4n) is 4.02. The number of anilines is 1. The van der Waals surface area contributed by atoms with Crippen molar-refractivity contribution in [1.29, 1.82) is 0 Å². The van der Waals surface area contributed by atoms with Gasteiger partial charge in [0, 0.05) is 34.3 Å². The largest absolute Gasteiger partial charge is 0.349 e. The van der Waals surface area contributed by atoms with Crippen molar-refractivity contribution in [3.63, 3.8) is 0 Å². The van der Waals surface area contributed by atoms with Crippen molar-refractivity contribution >= 4 is 28.4 Å². The summed E-state index contributed by atoms with van der Waals surface area (Å²) in [6.45, 7) is 0. The minimum absolute atomic E-state index is 0.125. The zero-order valence-electron chi connectivity index (χ0n) is 16.7. The van der Waals surface area contributed by atoms with E-state index in [1.807, 2.05) is 6.07 Å². The number of carbonyl (C=O) groups is 2. The van der Waals surface area contributed by atoms with E-state index in [1.54, 1.807) is 42.5 Å². The molecule has 0 atom stereocenters. The van der Waals surface area contributed by atoms with E-state index in [2.05, 4.69) is 15.6 Å². The summed E-state index contributed by atoms with van der Waals surface area (Å²) in [5.74, 6) is -0.516. The molecule has 3 aromatic rings. The average molecular weight is 403 g/mol. The number of hydrogen-bond acceptors (Lipinski definition) is 3. The van der Waals surface area contributed by atoms with Crippen LogP contribution in [-0.2, 0) is 0 Å². The number of amides is 2. The highest BCUT2D eigenvalue weighted by molar-refractivity contribution is 6.12. The summed E-state index contributed by atoms with van der Waals surface area (Å²) in [5.41, 5.74) is 1.58. The van der Waals surface area contributed by atoms with Gasteiger partial charge in [0.1, 0.15) is 0 Å². The molecule has 6 heteroatoms. The Balaban J connectivity index is 1.51. The van der Waals surface area contributed by atoms with Gasteiger partial charge in [0.25, 0.3) is 11.8 Å². The molecule has 1 aromatic heterocycles. The van der Waals surface area contributed by atoms with E-state index in [-0.39, 0.29) is 17.5 Å². The van der Waals surface area contributed by atoms with Gasteiger partial charge in [-0.1, -0.05) is 49.9 Å². The Labute approximate surface area is 174 Å². The molecule has 0 bridgehead atoms. The second-order valence-corrected chi connectivity index (χ2v) is 7.79. The first-order valence-electron chi connectivity index (χ1n) is 10.4. The molecule has 0 aliphatic heterocycles. The SMILES string of the molecule is O=C(NC1CCCCCC1)c1cccc(NC(=O)c2cc(=O)[nH]c3ccccc23)c1. The summed E-state index contributed by atoms with van der Waals surface area (Å²) in [4.78, 5) is 40.2. The van der Waals surface area contributed by atoms with E-state index in [0.29, 0.717) is 27.7 Å². The van der Waals surface area contributed by atoms with Crippen LogP contribution in [0, 0.1) is 0 Å². The maximum Gasteiger partial charge on any atom is 0.256 e. The molecule has 154 valence electrons. The average Bonchev–Trinajstić information content (AvgIpc) is 3.02. The first-order chi connectivity index (χ1) is 14.6. The fourth-order valence-corrected chi connectivity index (χ4v) is 4.02. The van der Waals surface area contributed by atoms with E-state index in [0.717, 1.165) is 25.7 Å². The minimum atomic E-state index is -0.390. The van der Waals surface area contributed by atoms with Crippen LogP contribution in [0.2, 0.25) is 0 Å². The van der Waals surface area contributed by atoms with Crippen LogP contribution in [0.1, 0.15) is 59.2 Å². The molecular formula is C24H25N3O3. The Morgan fingerprint density at radius 3 is 2.43 bits per heavy atom. The Hall–Kier alpha value is -3.41. The molecule has 30 heavy (non-hydrogen) atoms. The third-order valence-corrected chi connectivity index (χ3v) is 5.57. The van der Waals surface area contributed by atoms with E-state index in [4.69, 9.17) is 0 Å². The van der Waals surface area contributed by atoms with Gasteiger partial charge in [-0.25, -0.2) is 0 Å². The summed E-state index contributed by atoms with van der Waals surface area (Å²) in [6, 6.07) is 15.5. The van der Waals surface area contributed by atoms with E-state index in [1.165, 1.54) is 18.9 Å². The number of H-pyrrole nitrogens is 1. The summed E-state index contributed by atoms with van der Waals surface area (Å²) in [7, 11) is 0. The van der Waals surface area contributed by atoms with Gasteiger partial charge in [-0.15, -0.1) is 0 Å². The highest BCUT2D eigenvalue weighted by atomic mass is 16.2. The number of fused-ring (bicyclic) bond motifs is 1. The van der Waals surface area contributed by atoms with Gasteiger partial charge in [-0.2, -0.15) is 0 Å². The molecule has 0 spiro atoms. The first-order valence-corrected chi connectivity index (χ1v) is 10.4. The number of nitrogens with one attached hydrogen (secondary N) is 3. The Morgan fingerprint density at radius 1 is 0.867 bits per heavy atom. The maximum atomic E-state index is 12.9. The minimum Gasteiger partial charge on any atom is -0.349 e. The number of aromatic nitrogens is 1. The molecule has 0 unspecified atom stereocenters. The molecular weight excluding hydrogens is 378 g/mol. The normalized spacial score (nSPS) is 14.8. The predicted molar refractivity (Wildman–Crippen MR) is 118 cm³/mol. The number of pyridine rings is 1. The van der Waals surface area contributed by atoms with Crippen LogP contribution in [0.3, 0.4) is 0 Å². The zero-order chi connectivity index (χ0) is 20.9. The van der Waals surface area contributed by atoms with Crippen LogP contribution >= 0.6 is 0 Å². The molecule has 0 saturated heterocycles. The number of rotatable bonds is 4. The van der Waals surface area contributed by atoms with Gasteiger partial charge in [0.2, 0.25) is 5.56 Å². The molecule has 2 amide bonds. The number of benzene rings is 2. The molecule has 6 nitrogen and oxygen atoms in total. The van der Waals surface area contributed by atoms with Gasteiger partial charge in [-0.05, 0) is 37.1 Å². The van der Waals surface area contributed by atoms with Gasteiger partial charge in [-0.3, -0.25) is 14.4 Å². The molecule has 1 fully saturated rings. The molecule has 1 aliphatic carbocycles. The quantitative estimate of drug-likeness (QED) is 0.569. The number of carbonyl (C=O) groups excluding carboxylic acids is 2. The van der Waals surface area contributed by atoms with Crippen molar-refractivity contribution in [2.45, 2.75) is 44.6 Å². The van der Waals surface area contributed by atoms with Crippen molar-refractivity contribution in [1.82, 2.24) is 10.3 Å². The number of hydrogen-bond donors (Lipinski definition) is 3. The highest BCUT2D eigenvalue weighted by Gasteiger charge is 2.17. The second-order valence-electron chi connectivity index (χ2n) is 7.79. The third kappa shape index (κ3) is 4.59. The summed E-state index contributed by atoms with van der Waals surface area (Å²) < 4.78 is 0. The van der Waals surface area contributed by atoms with Crippen molar-refractivity contribution in [2.24, 2.45) is 0 Å². The molecule has 1 aliphatic rings. The number of aromatic amines is 1. The van der Waals surface area contributed by atoms with Crippen molar-refractivity contribution in [3.05, 3.63) is 76.1 Å². The standard InChI is InChI=1S/C24H25N3O3/c28-22-15-20(19-12-5-6-13-21(19)27-22)24(30)26-18-11-7-8-16(14-18)23(29)25-17-9-3-1-2-4-10-17/h5-8,11-15,17H,1-4,9-10H2,(H,25,29)(H,26,30)(H,27,28). The Morgan fingerprint density at radius 2 is 1.63 bits per heavy atom. The topological polar surface area (TPSA) is 91.1 Å². The molecule has 0 radical (unpaired) electrons. The third-order valence-electron chi connectivity index (χ3n) is 5.57. The van der Waals surface area contributed by atoms with Crippen molar-refractivity contribution in [3.8, 4) is 0 Å². The van der Waals surface area contributed by atoms with Gasteiger partial charge in [0.05, 0.1) is 5.56 Å². The lowest BCUT2D eigenvalue weighted by molar-refractivity contribution is 0.0932. The van der Waals surface area contributed by atoms with E-state index < -0.39 is 5.91 Å². The monoisotopic (exact) mass is 403 g/mol. The molecule has 3 N–H and O–H groups in total. The van der Waals surface area contributed by atoms with Crippen LogP contribution in [0.5, 0.6) is 0 Å². The summed E-state index contributed by atoms with van der Waals surface area (Å²) in [5, 5.41) is 6.60. The predicted octanol–water partition coefficient (Wildman–Crippen LogP) is 4.23. The second kappa shape index (κ2) is 8.95. The van der Waals surface area contributed by atoms with E-state index >= 15 is 0 Å². The lowest BCUT2D eigenvalue weighted by atomic mass is 10.1. The number of para-hydroxylation sites is 1. The Kier molecular flexibility index (Phi) is 5.93. The lowest BCUT2D eigenvalue weighted by Crippen LogP contribution is -2.34. The van der Waals surface area contributed by atoms with Crippen molar-refractivity contribution in [2.75, 3.05) is 5.32 Å². The molecule has 1 heterocycles. The first kappa shape index (κ1) is 19.9. The van der Waals surface area contributed by atoms with Crippen LogP contribution in [-0.4, -0.2) is 22.8 Å². The molecule has 4 rings (SSSR count). The zero-order valence-corrected chi connectivity index (χ0v) is 16.7.